The van der Waals surface area contributed by atoms with E-state index in [0.717, 1.165) is 4.57 Å². The number of anilines is 2. The van der Waals surface area contributed by atoms with E-state index in [-0.39, 0.29) is 35.3 Å². The number of nitrogens with one attached hydrogen (secondary N) is 2. The third-order valence-corrected chi connectivity index (χ3v) is 7.74. The molecule has 1 aliphatic heterocycles. The maximum atomic E-state index is 16.1. The van der Waals surface area contributed by atoms with E-state index in [1.165, 1.54) is 25.4 Å². The maximum absolute atomic E-state index is 16.1. The average molecular weight is 584 g/mol. The van der Waals surface area contributed by atoms with Gasteiger partial charge in [0.2, 0.25) is 11.6 Å². The van der Waals surface area contributed by atoms with Gasteiger partial charge >= 0.3 is 13.7 Å². The largest absolute Gasteiger partial charge is 0.465 e. The molecule has 6 atom stereocenters. The van der Waals surface area contributed by atoms with Crippen molar-refractivity contribution in [3.63, 3.8) is 0 Å². The number of rotatable bonds is 12. The molecule has 0 spiro atoms. The van der Waals surface area contributed by atoms with Crippen LogP contribution in [-0.4, -0.2) is 86.5 Å². The van der Waals surface area contributed by atoms with Crippen molar-refractivity contribution >= 4 is 36.6 Å². The van der Waals surface area contributed by atoms with Crippen molar-refractivity contribution in [3.8, 4) is 5.75 Å². The Balaban J connectivity index is 1.59. The van der Waals surface area contributed by atoms with Crippen LogP contribution in [0.3, 0.4) is 0 Å². The summed E-state index contributed by atoms with van der Waals surface area (Å²) < 4.78 is 52.8. The minimum absolute atomic E-state index is 0.0779. The predicted octanol–water partition coefficient (Wildman–Crippen LogP) is 1.15. The lowest BCUT2D eigenvalue weighted by atomic mass is 9.97. The molecule has 0 aliphatic carbocycles. The van der Waals surface area contributed by atoms with Crippen LogP contribution in [0.2, 0.25) is 0 Å². The fraction of sp³-hybridized carbons (Fsp3) is 0.478. The monoisotopic (exact) mass is 583 g/mol. The summed E-state index contributed by atoms with van der Waals surface area (Å²) in [6.07, 6.45) is -3.83. The van der Waals surface area contributed by atoms with Crippen LogP contribution in [-0.2, 0) is 23.4 Å². The molecule has 0 unspecified atom stereocenters. The molecule has 1 aliphatic rings. The summed E-state index contributed by atoms with van der Waals surface area (Å²) in [5.74, 6) is -0.421. The lowest BCUT2D eigenvalue weighted by Gasteiger charge is -2.27. The molecular weight excluding hydrogens is 552 g/mol. The average Bonchev–Trinajstić information content (AvgIpc) is 3.46. The first-order chi connectivity index (χ1) is 19.0. The summed E-state index contributed by atoms with van der Waals surface area (Å²) in [6.45, 7) is 1.29. The second-order valence-electron chi connectivity index (χ2n) is 8.86. The smallest absolute Gasteiger partial charge is 0.459 e. The van der Waals surface area contributed by atoms with E-state index in [0.29, 0.717) is 0 Å². The van der Waals surface area contributed by atoms with E-state index in [1.807, 2.05) is 0 Å². The summed E-state index contributed by atoms with van der Waals surface area (Å²) in [6, 6.07) is 6.89. The van der Waals surface area contributed by atoms with Gasteiger partial charge in [-0.15, -0.1) is 0 Å². The molecule has 3 heterocycles. The number of hydrogen-bond acceptors (Lipinski definition) is 13. The highest BCUT2D eigenvalue weighted by Crippen LogP contribution is 2.48. The lowest BCUT2D eigenvalue weighted by molar-refractivity contribution is -0.144. The van der Waals surface area contributed by atoms with Crippen LogP contribution in [0.4, 0.5) is 16.2 Å². The second kappa shape index (κ2) is 12.0. The highest BCUT2D eigenvalue weighted by atomic mass is 31.2. The molecule has 17 heteroatoms. The number of halogens is 1. The Morgan fingerprint density at radius 1 is 1.35 bits per heavy atom. The third kappa shape index (κ3) is 5.87. The molecule has 218 valence electrons. The summed E-state index contributed by atoms with van der Waals surface area (Å²) in [5, 5.41) is 26.1. The number of aliphatic hydroxyl groups excluding tert-OH is 2. The Morgan fingerprint density at radius 2 is 2.08 bits per heavy atom. The van der Waals surface area contributed by atoms with Crippen molar-refractivity contribution in [2.45, 2.75) is 44.0 Å². The van der Waals surface area contributed by atoms with Gasteiger partial charge in [-0.3, -0.25) is 13.9 Å². The quantitative estimate of drug-likeness (QED) is 0.150. The number of nitrogen functional groups attached to an aromatic ring is 1. The molecule has 2 aromatic heterocycles. The number of benzene rings is 1. The van der Waals surface area contributed by atoms with Crippen LogP contribution >= 0.6 is 7.75 Å². The zero-order valence-electron chi connectivity index (χ0n) is 21.9. The Bertz CT molecular complexity index is 1380. The van der Waals surface area contributed by atoms with Gasteiger partial charge in [-0.2, -0.15) is 15.1 Å². The lowest BCUT2D eigenvalue weighted by Crippen LogP contribution is -2.46. The first kappa shape index (κ1) is 29.6. The van der Waals surface area contributed by atoms with Crippen LogP contribution in [0.25, 0.3) is 11.2 Å². The van der Waals surface area contributed by atoms with Crippen LogP contribution in [0.15, 0.2) is 36.7 Å². The Labute approximate surface area is 228 Å². The number of ether oxygens (including phenoxy) is 2. The topological polar surface area (TPSA) is 205 Å². The van der Waals surface area contributed by atoms with Gasteiger partial charge in [0.25, 0.3) is 0 Å². The SMILES string of the molecule is CCOC(=O)[C@H](C)N[P@@](=O)(OC[C@H]1O[C@@H](n2cnc3c(NC)nc(N)nc32)[C@@](F)(CO)[C@@H]1O)Oc1ccccc1. The van der Waals surface area contributed by atoms with Gasteiger partial charge in [-0.1, -0.05) is 18.2 Å². The van der Waals surface area contributed by atoms with Crippen molar-refractivity contribution in [3.05, 3.63) is 36.7 Å². The number of aromatic nitrogens is 4. The van der Waals surface area contributed by atoms with Gasteiger partial charge in [0.1, 0.15) is 24.0 Å². The first-order valence-corrected chi connectivity index (χ1v) is 13.8. The molecule has 0 bridgehead atoms. The minimum Gasteiger partial charge on any atom is -0.465 e. The zero-order chi connectivity index (χ0) is 29.1. The fourth-order valence-electron chi connectivity index (χ4n) is 4.13. The van der Waals surface area contributed by atoms with Gasteiger partial charge in [0, 0.05) is 7.05 Å². The van der Waals surface area contributed by atoms with Crippen LogP contribution in [0.1, 0.15) is 20.1 Å². The van der Waals surface area contributed by atoms with Crippen molar-refractivity contribution in [2.75, 3.05) is 37.9 Å². The molecule has 0 radical (unpaired) electrons. The number of imidazole rings is 1. The predicted molar refractivity (Wildman–Crippen MR) is 140 cm³/mol. The number of hydrogen-bond donors (Lipinski definition) is 5. The van der Waals surface area contributed by atoms with Crippen molar-refractivity contribution in [2.24, 2.45) is 0 Å². The van der Waals surface area contributed by atoms with Crippen molar-refractivity contribution in [1.82, 2.24) is 24.6 Å². The summed E-state index contributed by atoms with van der Waals surface area (Å²) in [4.78, 5) is 24.5. The summed E-state index contributed by atoms with van der Waals surface area (Å²) in [7, 11) is -2.75. The molecule has 15 nitrogen and oxygen atoms in total. The molecule has 6 N–H and O–H groups in total. The van der Waals surface area contributed by atoms with E-state index in [4.69, 9.17) is 24.3 Å². The summed E-state index contributed by atoms with van der Waals surface area (Å²) >= 11 is 0. The van der Waals surface area contributed by atoms with Crippen molar-refractivity contribution < 1.29 is 42.5 Å². The number of alkyl halides is 1. The highest BCUT2D eigenvalue weighted by molar-refractivity contribution is 7.52. The van der Waals surface area contributed by atoms with Gasteiger partial charge in [-0.25, -0.2) is 13.9 Å². The van der Waals surface area contributed by atoms with E-state index in [1.54, 1.807) is 32.2 Å². The molecule has 0 amide bonds. The Hall–Kier alpha value is -3.40. The number of nitrogens with zero attached hydrogens (tertiary/aromatic N) is 4. The molecule has 1 fully saturated rings. The number of esters is 1. The van der Waals surface area contributed by atoms with Gasteiger partial charge < -0.3 is 35.3 Å². The molecule has 1 aromatic carbocycles. The number of carbonyl (C=O) groups excluding carboxylic acids is 1. The van der Waals surface area contributed by atoms with Crippen LogP contribution in [0, 0.1) is 0 Å². The fourth-order valence-corrected chi connectivity index (χ4v) is 5.63. The Kier molecular flexibility index (Phi) is 8.87. The number of nitrogens with two attached hydrogens (primary N) is 1. The van der Waals surface area contributed by atoms with E-state index < -0.39 is 57.1 Å². The third-order valence-electron chi connectivity index (χ3n) is 6.10. The normalized spacial score (nSPS) is 24.9. The number of carbonyl (C=O) groups is 1. The minimum atomic E-state index is -4.33. The standard InChI is InChI=1S/C23H31FN7O8P/c1-4-36-20(34)13(2)30-40(35,39-14-8-6-5-7-9-14)37-10-15-17(33)23(24,11-32)21(38-15)31-12-27-16-18(26-3)28-22(25)29-19(16)31/h5-9,12-13,15,17,21,32-33H,4,10-11H2,1-3H3,(H,30,35)(H3,25,26,28,29)/t13-,15+,17+,21+,23+,40+/m0/s1. The van der Waals surface area contributed by atoms with Crippen molar-refractivity contribution in [1.29, 1.82) is 0 Å². The number of fused-ring (bicyclic) bond motifs is 1. The van der Waals surface area contributed by atoms with E-state index >= 15 is 4.39 Å². The molecule has 1 saturated heterocycles. The van der Waals surface area contributed by atoms with Crippen LogP contribution in [0.5, 0.6) is 5.75 Å². The van der Waals surface area contributed by atoms with Gasteiger partial charge in [0.15, 0.2) is 23.2 Å². The molecule has 3 aromatic rings. The molecular formula is C23H31FN7O8P. The number of aliphatic hydroxyl groups is 2. The maximum Gasteiger partial charge on any atom is 0.459 e. The first-order valence-electron chi connectivity index (χ1n) is 12.3. The number of para-hydroxylation sites is 1. The molecule has 40 heavy (non-hydrogen) atoms. The second-order valence-corrected chi connectivity index (χ2v) is 10.6. The summed E-state index contributed by atoms with van der Waals surface area (Å²) in [5.41, 5.74) is 3.35. The molecule has 0 saturated carbocycles. The van der Waals surface area contributed by atoms with Gasteiger partial charge in [-0.05, 0) is 26.0 Å². The van der Waals surface area contributed by atoms with E-state index in [2.05, 4.69) is 25.4 Å². The van der Waals surface area contributed by atoms with Gasteiger partial charge in [0.05, 0.1) is 26.1 Å². The van der Waals surface area contributed by atoms with Crippen LogP contribution < -0.4 is 20.7 Å². The molecule has 4 rings (SSSR count). The van der Waals surface area contributed by atoms with E-state index in [9.17, 15) is 19.6 Å². The Morgan fingerprint density at radius 3 is 2.73 bits per heavy atom. The zero-order valence-corrected chi connectivity index (χ0v) is 22.8. The highest BCUT2D eigenvalue weighted by Gasteiger charge is 2.59.